The Balaban J connectivity index is 1.56. The molecule has 11 heteroatoms. The number of aromatic nitrogens is 3. The third kappa shape index (κ3) is 6.61. The molecule has 0 aliphatic carbocycles. The molecule has 8 nitrogen and oxygen atoms in total. The number of unbranched alkanes of at least 4 members (excludes halogenated alkanes) is 1. The van der Waals surface area contributed by atoms with Gasteiger partial charge in [-0.3, -0.25) is 4.79 Å². The Morgan fingerprint density at radius 3 is 2.71 bits per heavy atom. The monoisotopic (exact) mass is 667 g/mol. The van der Waals surface area contributed by atoms with E-state index in [-0.39, 0.29) is 5.91 Å². The molecule has 4 aromatic rings. The first-order valence-corrected chi connectivity index (χ1v) is 15.7. The lowest BCUT2D eigenvalue weighted by atomic mass is 9.94. The maximum absolute atomic E-state index is 14.1. The SMILES string of the molecule is CCCCOc1ccc(Br)cc1C1C(C(=O)Nc2ccccc2OC)=C(C)Nc2nc(SCc3ccccc3Cl)nn21. The van der Waals surface area contributed by atoms with Crippen LogP contribution in [0.1, 0.15) is 43.9 Å². The van der Waals surface area contributed by atoms with E-state index < -0.39 is 6.04 Å². The van der Waals surface area contributed by atoms with Crippen molar-refractivity contribution >= 4 is 56.8 Å². The van der Waals surface area contributed by atoms with Gasteiger partial charge < -0.3 is 20.1 Å². The molecular formula is C31H31BrClN5O3S. The minimum Gasteiger partial charge on any atom is -0.495 e. The lowest BCUT2D eigenvalue weighted by Crippen LogP contribution is -2.32. The smallest absolute Gasteiger partial charge is 0.255 e. The normalized spacial score (nSPS) is 14.3. The number of carbonyl (C=O) groups excluding carboxylic acids is 1. The average Bonchev–Trinajstić information content (AvgIpc) is 3.39. The summed E-state index contributed by atoms with van der Waals surface area (Å²) in [5.74, 6) is 2.09. The Labute approximate surface area is 263 Å². The standard InChI is InChI=1S/C31H31BrClN5O3S/c1-4-5-16-41-25-15-14-21(32)17-22(25)28-27(29(39)35-24-12-8-9-13-26(24)40-3)19(2)34-30-36-31(37-38(28)30)42-18-20-10-6-7-11-23(20)33/h6-15,17,28H,4-5,16,18H2,1-3H3,(H,35,39)(H,34,36,37). The molecule has 1 aliphatic heterocycles. The summed E-state index contributed by atoms with van der Waals surface area (Å²) in [5, 5.41) is 12.5. The van der Waals surface area contributed by atoms with Gasteiger partial charge in [0.2, 0.25) is 11.1 Å². The Morgan fingerprint density at radius 2 is 1.93 bits per heavy atom. The summed E-state index contributed by atoms with van der Waals surface area (Å²) in [6.45, 7) is 4.55. The highest BCUT2D eigenvalue weighted by atomic mass is 79.9. The Morgan fingerprint density at radius 1 is 1.14 bits per heavy atom. The van der Waals surface area contributed by atoms with E-state index >= 15 is 0 Å². The fourth-order valence-corrected chi connectivity index (χ4v) is 6.15. The average molecular weight is 669 g/mol. The molecule has 0 bridgehead atoms. The van der Waals surface area contributed by atoms with E-state index in [9.17, 15) is 4.79 Å². The van der Waals surface area contributed by atoms with Crippen LogP contribution in [0.15, 0.2) is 87.6 Å². The zero-order valence-corrected chi connectivity index (χ0v) is 26.6. The minimum atomic E-state index is -0.618. The van der Waals surface area contributed by atoms with E-state index in [2.05, 4.69) is 33.5 Å². The number of carbonyl (C=O) groups is 1. The zero-order valence-electron chi connectivity index (χ0n) is 23.5. The van der Waals surface area contributed by atoms with E-state index in [0.29, 0.717) is 56.9 Å². The lowest BCUT2D eigenvalue weighted by molar-refractivity contribution is -0.113. The van der Waals surface area contributed by atoms with Crippen LogP contribution < -0.4 is 20.1 Å². The first-order valence-electron chi connectivity index (χ1n) is 13.6. The number of anilines is 2. The molecule has 0 saturated heterocycles. The molecule has 218 valence electrons. The van der Waals surface area contributed by atoms with E-state index in [1.807, 2.05) is 61.5 Å². The van der Waals surface area contributed by atoms with Gasteiger partial charge in [-0.25, -0.2) is 4.68 Å². The van der Waals surface area contributed by atoms with Gasteiger partial charge in [-0.2, -0.15) is 4.98 Å². The number of hydrogen-bond donors (Lipinski definition) is 2. The molecule has 1 amide bonds. The molecule has 1 atom stereocenters. The number of rotatable bonds is 11. The van der Waals surface area contributed by atoms with E-state index in [1.165, 1.54) is 11.8 Å². The lowest BCUT2D eigenvalue weighted by Gasteiger charge is -2.30. The minimum absolute atomic E-state index is 0.291. The van der Waals surface area contributed by atoms with Crippen molar-refractivity contribution in [2.75, 3.05) is 24.4 Å². The second kappa shape index (κ2) is 13.7. The van der Waals surface area contributed by atoms with Crippen LogP contribution in [0.4, 0.5) is 11.6 Å². The van der Waals surface area contributed by atoms with Crippen LogP contribution in [-0.2, 0) is 10.5 Å². The molecule has 1 aromatic heterocycles. The summed E-state index contributed by atoms with van der Waals surface area (Å²) >= 11 is 11.5. The third-order valence-corrected chi connectivity index (χ3v) is 8.52. The first-order chi connectivity index (χ1) is 20.4. The largest absolute Gasteiger partial charge is 0.495 e. The number of benzene rings is 3. The molecular weight excluding hydrogens is 638 g/mol. The Kier molecular flexibility index (Phi) is 9.76. The summed E-state index contributed by atoms with van der Waals surface area (Å²) < 4.78 is 14.3. The molecule has 1 aliphatic rings. The maximum atomic E-state index is 14.1. The number of nitrogens with one attached hydrogen (secondary N) is 2. The number of fused-ring (bicyclic) bond motifs is 1. The molecule has 2 heterocycles. The number of ether oxygens (including phenoxy) is 2. The van der Waals surface area contributed by atoms with Crippen molar-refractivity contribution in [1.29, 1.82) is 0 Å². The van der Waals surface area contributed by atoms with Crippen LogP contribution in [0.3, 0.4) is 0 Å². The van der Waals surface area contributed by atoms with Gasteiger partial charge in [-0.15, -0.1) is 5.10 Å². The third-order valence-electron chi connectivity index (χ3n) is 6.77. The Hall–Kier alpha value is -3.47. The van der Waals surface area contributed by atoms with Gasteiger partial charge in [0.25, 0.3) is 5.91 Å². The predicted molar refractivity (Wildman–Crippen MR) is 172 cm³/mol. The predicted octanol–water partition coefficient (Wildman–Crippen LogP) is 8.10. The van der Waals surface area contributed by atoms with Gasteiger partial charge in [-0.1, -0.05) is 83.0 Å². The van der Waals surface area contributed by atoms with Crippen LogP contribution in [0.2, 0.25) is 5.02 Å². The number of para-hydroxylation sites is 2. The number of halogens is 2. The number of methoxy groups -OCH3 is 1. The van der Waals surface area contributed by atoms with Crippen LogP contribution in [0.25, 0.3) is 0 Å². The van der Waals surface area contributed by atoms with Crippen LogP contribution in [0, 0.1) is 0 Å². The molecule has 42 heavy (non-hydrogen) atoms. The van der Waals surface area contributed by atoms with Crippen molar-refractivity contribution in [1.82, 2.24) is 14.8 Å². The maximum Gasteiger partial charge on any atom is 0.255 e. The summed E-state index contributed by atoms with van der Waals surface area (Å²) in [6, 6.07) is 20.2. The number of hydrogen-bond acceptors (Lipinski definition) is 7. The second-order valence-electron chi connectivity index (χ2n) is 9.65. The number of allylic oxidation sites excluding steroid dienone is 1. The molecule has 0 saturated carbocycles. The van der Waals surface area contributed by atoms with Crippen molar-refractivity contribution in [2.45, 2.75) is 43.6 Å². The summed E-state index contributed by atoms with van der Waals surface area (Å²) in [7, 11) is 1.57. The molecule has 0 radical (unpaired) electrons. The summed E-state index contributed by atoms with van der Waals surface area (Å²) in [5.41, 5.74) is 3.50. The summed E-state index contributed by atoms with van der Waals surface area (Å²) in [6.07, 6.45) is 1.92. The molecule has 0 fully saturated rings. The van der Waals surface area contributed by atoms with Gasteiger partial charge in [0.15, 0.2) is 0 Å². The van der Waals surface area contributed by atoms with Crippen molar-refractivity contribution in [3.63, 3.8) is 0 Å². The molecule has 5 rings (SSSR count). The number of amides is 1. The molecule has 0 spiro atoms. The first kappa shape index (κ1) is 30.0. The van der Waals surface area contributed by atoms with Crippen LogP contribution in [0.5, 0.6) is 11.5 Å². The highest BCUT2D eigenvalue weighted by Gasteiger charge is 2.36. The van der Waals surface area contributed by atoms with Gasteiger partial charge >= 0.3 is 0 Å². The highest BCUT2D eigenvalue weighted by molar-refractivity contribution is 9.10. The number of nitrogens with zero attached hydrogens (tertiary/aromatic N) is 3. The molecule has 1 unspecified atom stereocenters. The van der Waals surface area contributed by atoms with Crippen molar-refractivity contribution in [3.05, 3.63) is 98.6 Å². The van der Waals surface area contributed by atoms with Crippen LogP contribution >= 0.6 is 39.3 Å². The highest BCUT2D eigenvalue weighted by Crippen LogP contribution is 2.42. The van der Waals surface area contributed by atoms with Gasteiger partial charge in [0.1, 0.15) is 17.5 Å². The molecule has 2 N–H and O–H groups in total. The number of thioether (sulfide) groups is 1. The molecule has 3 aromatic carbocycles. The zero-order chi connectivity index (χ0) is 29.6. The van der Waals surface area contributed by atoms with Crippen LogP contribution in [-0.4, -0.2) is 34.4 Å². The van der Waals surface area contributed by atoms with Crippen molar-refractivity contribution < 1.29 is 14.3 Å². The van der Waals surface area contributed by atoms with Gasteiger partial charge in [-0.05, 0) is 55.3 Å². The Bertz CT molecular complexity index is 1630. The van der Waals surface area contributed by atoms with E-state index in [0.717, 1.165) is 28.4 Å². The van der Waals surface area contributed by atoms with Gasteiger partial charge in [0.05, 0.1) is 25.0 Å². The van der Waals surface area contributed by atoms with Crippen molar-refractivity contribution in [2.24, 2.45) is 0 Å². The fraction of sp³-hybridized carbons (Fsp3) is 0.258. The summed E-state index contributed by atoms with van der Waals surface area (Å²) in [4.78, 5) is 18.8. The van der Waals surface area contributed by atoms with Gasteiger partial charge in [0, 0.05) is 26.5 Å². The van der Waals surface area contributed by atoms with Crippen molar-refractivity contribution in [3.8, 4) is 11.5 Å². The topological polar surface area (TPSA) is 90.3 Å². The second-order valence-corrected chi connectivity index (χ2v) is 11.9. The van der Waals surface area contributed by atoms with E-state index in [1.54, 1.807) is 23.9 Å². The fourth-order valence-electron chi connectivity index (χ4n) is 4.66. The quantitative estimate of drug-likeness (QED) is 0.123. The van der Waals surface area contributed by atoms with E-state index in [4.69, 9.17) is 31.2 Å².